The smallest absolute Gasteiger partial charge is 0.326 e. The van der Waals surface area contributed by atoms with Gasteiger partial charge in [0.1, 0.15) is 18.2 Å². The summed E-state index contributed by atoms with van der Waals surface area (Å²) in [6, 6.07) is 11.9. The van der Waals surface area contributed by atoms with E-state index in [1.54, 1.807) is 48.5 Å². The maximum Gasteiger partial charge on any atom is 0.326 e. The Hall–Kier alpha value is -2.16. The molecule has 1 amide bonds. The van der Waals surface area contributed by atoms with Crippen LogP contribution in [0.1, 0.15) is 49.5 Å². The van der Waals surface area contributed by atoms with Gasteiger partial charge in [0.25, 0.3) is 5.91 Å². The van der Waals surface area contributed by atoms with Crippen molar-refractivity contribution in [3.05, 3.63) is 69.7 Å². The van der Waals surface area contributed by atoms with E-state index >= 15 is 0 Å². The van der Waals surface area contributed by atoms with Crippen LogP contribution >= 0.6 is 23.2 Å². The number of rotatable bonds is 9. The molecule has 1 aliphatic rings. The molecule has 3 rings (SSSR count). The molecule has 33 heavy (non-hydrogen) atoms. The number of nitrogens with zero attached hydrogens (tertiary/aromatic N) is 1. The van der Waals surface area contributed by atoms with Gasteiger partial charge in [0.05, 0.1) is 18.8 Å². The topological polar surface area (TPSA) is 107 Å². The average Bonchev–Trinajstić information content (AvgIpc) is 2.80. The maximum absolute atomic E-state index is 13.6. The van der Waals surface area contributed by atoms with E-state index in [0.29, 0.717) is 27.6 Å². The zero-order valence-electron chi connectivity index (χ0n) is 18.1. The highest BCUT2D eigenvalue weighted by molar-refractivity contribution is 6.30. The predicted molar refractivity (Wildman–Crippen MR) is 124 cm³/mol. The summed E-state index contributed by atoms with van der Waals surface area (Å²) in [5.74, 6) is -1.67. The number of aliphatic carboxylic acids is 1. The fourth-order valence-electron chi connectivity index (χ4n) is 4.15. The number of carbonyl (C=O) groups excluding carboxylic acids is 1. The molecule has 1 fully saturated rings. The molecule has 1 saturated heterocycles. The van der Waals surface area contributed by atoms with Crippen LogP contribution in [-0.4, -0.2) is 57.0 Å². The van der Waals surface area contributed by atoms with Gasteiger partial charge in [-0.15, -0.1) is 0 Å². The van der Waals surface area contributed by atoms with Gasteiger partial charge in [-0.05, 0) is 41.8 Å². The van der Waals surface area contributed by atoms with Crippen molar-refractivity contribution in [2.75, 3.05) is 6.61 Å². The molecule has 0 spiro atoms. The largest absolute Gasteiger partial charge is 0.480 e. The van der Waals surface area contributed by atoms with Crippen LogP contribution in [-0.2, 0) is 14.3 Å². The Balaban J connectivity index is 2.17. The summed E-state index contributed by atoms with van der Waals surface area (Å²) < 4.78 is 6.20. The van der Waals surface area contributed by atoms with Crippen LogP contribution < -0.4 is 0 Å². The van der Waals surface area contributed by atoms with Crippen molar-refractivity contribution in [3.63, 3.8) is 0 Å². The van der Waals surface area contributed by atoms with E-state index in [4.69, 9.17) is 27.9 Å². The van der Waals surface area contributed by atoms with E-state index in [2.05, 4.69) is 0 Å². The number of aliphatic hydroxyl groups is 2. The second kappa shape index (κ2) is 11.3. The molecular formula is C24H27Cl2NO6. The highest BCUT2D eigenvalue weighted by atomic mass is 35.5. The van der Waals surface area contributed by atoms with Crippen LogP contribution in [0, 0.1) is 0 Å². The summed E-state index contributed by atoms with van der Waals surface area (Å²) in [7, 11) is 0. The van der Waals surface area contributed by atoms with Crippen LogP contribution in [0.3, 0.4) is 0 Å². The SMILES string of the molecule is CCC[C@@H](C(=O)O)N1C(=O)[C@@H](C[C@@H](O)CO)O[C@H](c2ccc(Cl)cc2)[C@@H]1c1ccc(Cl)cc1. The molecule has 1 heterocycles. The highest BCUT2D eigenvalue weighted by Crippen LogP contribution is 2.44. The first kappa shape index (κ1) is 25.5. The van der Waals surface area contributed by atoms with Gasteiger partial charge in [-0.25, -0.2) is 4.79 Å². The number of aliphatic hydroxyl groups excluding tert-OH is 2. The Morgan fingerprint density at radius 3 is 2.09 bits per heavy atom. The number of carbonyl (C=O) groups is 2. The van der Waals surface area contributed by atoms with Crippen LogP contribution in [0.4, 0.5) is 0 Å². The minimum absolute atomic E-state index is 0.165. The van der Waals surface area contributed by atoms with Gasteiger partial charge in [-0.2, -0.15) is 0 Å². The Morgan fingerprint density at radius 2 is 1.61 bits per heavy atom. The van der Waals surface area contributed by atoms with Gasteiger partial charge in [0.2, 0.25) is 0 Å². The molecule has 9 heteroatoms. The summed E-state index contributed by atoms with van der Waals surface area (Å²) in [6.45, 7) is 1.30. The molecule has 0 radical (unpaired) electrons. The summed E-state index contributed by atoms with van der Waals surface area (Å²) in [6.07, 6.45) is -2.43. The van der Waals surface area contributed by atoms with Crippen molar-refractivity contribution in [2.24, 2.45) is 0 Å². The maximum atomic E-state index is 13.6. The minimum atomic E-state index is -1.19. The molecule has 1 aliphatic heterocycles. The van der Waals surface area contributed by atoms with Gasteiger partial charge in [0, 0.05) is 16.5 Å². The number of amides is 1. The quantitative estimate of drug-likeness (QED) is 0.485. The number of morpholine rings is 1. The fraction of sp³-hybridized carbons (Fsp3) is 0.417. The van der Waals surface area contributed by atoms with Crippen LogP contribution in [0.2, 0.25) is 10.0 Å². The normalized spacial score (nSPS) is 22.8. The number of ether oxygens (including phenoxy) is 1. The first-order chi connectivity index (χ1) is 15.8. The van der Waals surface area contributed by atoms with E-state index in [0.717, 1.165) is 0 Å². The van der Waals surface area contributed by atoms with E-state index < -0.39 is 48.9 Å². The lowest BCUT2D eigenvalue weighted by Gasteiger charge is -2.47. The van der Waals surface area contributed by atoms with Gasteiger partial charge in [-0.3, -0.25) is 4.79 Å². The minimum Gasteiger partial charge on any atom is -0.480 e. The Kier molecular flexibility index (Phi) is 8.73. The summed E-state index contributed by atoms with van der Waals surface area (Å²) >= 11 is 12.1. The molecule has 7 nitrogen and oxygen atoms in total. The highest BCUT2D eigenvalue weighted by Gasteiger charge is 2.48. The van der Waals surface area contributed by atoms with Crippen molar-refractivity contribution in [3.8, 4) is 0 Å². The fourth-order valence-corrected chi connectivity index (χ4v) is 4.40. The predicted octanol–water partition coefficient (Wildman–Crippen LogP) is 4.00. The van der Waals surface area contributed by atoms with Crippen molar-refractivity contribution in [2.45, 2.75) is 56.6 Å². The van der Waals surface area contributed by atoms with Crippen LogP contribution in [0.5, 0.6) is 0 Å². The molecule has 2 aromatic carbocycles. The molecule has 178 valence electrons. The number of carboxylic acid groups (broad SMARTS) is 1. The molecule has 0 unspecified atom stereocenters. The summed E-state index contributed by atoms with van der Waals surface area (Å²) in [5, 5.41) is 30.4. The Labute approximate surface area is 202 Å². The van der Waals surface area contributed by atoms with Gasteiger partial charge < -0.3 is 25.0 Å². The number of hydrogen-bond acceptors (Lipinski definition) is 5. The van der Waals surface area contributed by atoms with E-state index in [1.165, 1.54) is 4.90 Å². The third kappa shape index (κ3) is 5.86. The van der Waals surface area contributed by atoms with Gasteiger partial charge in [-0.1, -0.05) is 60.8 Å². The second-order valence-corrected chi connectivity index (χ2v) is 8.93. The third-order valence-corrected chi connectivity index (χ3v) is 6.22. The molecule has 5 atom stereocenters. The first-order valence-electron chi connectivity index (χ1n) is 10.8. The van der Waals surface area contributed by atoms with E-state index in [9.17, 15) is 24.9 Å². The molecule has 0 saturated carbocycles. The van der Waals surface area contributed by atoms with Crippen molar-refractivity contribution in [1.29, 1.82) is 0 Å². The van der Waals surface area contributed by atoms with Crippen molar-refractivity contribution in [1.82, 2.24) is 4.90 Å². The van der Waals surface area contributed by atoms with E-state index in [1.807, 2.05) is 6.92 Å². The standard InChI is InChI=1S/C24H27Cl2NO6/c1-2-3-19(24(31)32)27-21(14-4-8-16(25)9-5-14)22(15-6-10-17(26)11-7-15)33-20(23(27)30)12-18(29)13-28/h4-11,18-22,28-29H,2-3,12-13H2,1H3,(H,31,32)/t18-,19+,20-,21+,22-/m1/s1. The lowest BCUT2D eigenvalue weighted by Crippen LogP contribution is -2.57. The monoisotopic (exact) mass is 495 g/mol. The van der Waals surface area contributed by atoms with Crippen LogP contribution in [0.15, 0.2) is 48.5 Å². The molecule has 3 N–H and O–H groups in total. The van der Waals surface area contributed by atoms with Gasteiger partial charge >= 0.3 is 5.97 Å². The third-order valence-electron chi connectivity index (χ3n) is 5.72. The zero-order chi connectivity index (χ0) is 24.1. The number of carboxylic acids is 1. The molecule has 0 bridgehead atoms. The van der Waals surface area contributed by atoms with Crippen molar-refractivity contribution >= 4 is 35.1 Å². The van der Waals surface area contributed by atoms with Crippen molar-refractivity contribution < 1.29 is 29.6 Å². The average molecular weight is 496 g/mol. The zero-order valence-corrected chi connectivity index (χ0v) is 19.6. The number of halogens is 2. The lowest BCUT2D eigenvalue weighted by molar-refractivity contribution is -0.188. The summed E-state index contributed by atoms with van der Waals surface area (Å²) in [4.78, 5) is 27.2. The number of hydrogen-bond donors (Lipinski definition) is 3. The summed E-state index contributed by atoms with van der Waals surface area (Å²) in [5.41, 5.74) is 1.36. The molecule has 0 aliphatic carbocycles. The first-order valence-corrected chi connectivity index (χ1v) is 11.5. The second-order valence-electron chi connectivity index (χ2n) is 8.05. The van der Waals surface area contributed by atoms with Crippen LogP contribution in [0.25, 0.3) is 0 Å². The molecule has 2 aromatic rings. The Bertz CT molecular complexity index is 952. The lowest BCUT2D eigenvalue weighted by atomic mass is 9.89. The molecule has 0 aromatic heterocycles. The Morgan fingerprint density at radius 1 is 1.06 bits per heavy atom. The van der Waals surface area contributed by atoms with Gasteiger partial charge in [0.15, 0.2) is 0 Å². The van der Waals surface area contributed by atoms with E-state index in [-0.39, 0.29) is 12.8 Å². The molecular weight excluding hydrogens is 469 g/mol. The number of benzene rings is 2.